The first-order valence-electron chi connectivity index (χ1n) is 5.56. The number of hydrogen-bond acceptors (Lipinski definition) is 3. The minimum absolute atomic E-state index is 0.0318. The molecule has 0 aromatic heterocycles. The number of hydrazine groups is 1. The van der Waals surface area contributed by atoms with Crippen molar-refractivity contribution in [3.63, 3.8) is 0 Å². The summed E-state index contributed by atoms with van der Waals surface area (Å²) in [6, 6.07) is 0. The van der Waals surface area contributed by atoms with E-state index < -0.39 is 0 Å². The van der Waals surface area contributed by atoms with Gasteiger partial charge in [-0.2, -0.15) is 0 Å². The number of rotatable bonds is 5. The summed E-state index contributed by atoms with van der Waals surface area (Å²) in [5.74, 6) is 6.01. The largest absolute Gasteiger partial charge is 0.376 e. The normalized spacial score (nSPS) is 19.5. The Kier molecular flexibility index (Phi) is 4.84. The smallest absolute Gasteiger partial charge is 0.205 e. The predicted octanol–water partition coefficient (Wildman–Crippen LogP) is 0.374. The Balaban J connectivity index is 2.38. The van der Waals surface area contributed by atoms with Gasteiger partial charge >= 0.3 is 0 Å². The average Bonchev–Trinajstić information content (AvgIpc) is 2.21. The van der Waals surface area contributed by atoms with Crippen molar-refractivity contribution in [2.75, 3.05) is 20.2 Å². The fourth-order valence-electron chi connectivity index (χ4n) is 1.62. The molecule has 0 saturated heterocycles. The molecule has 1 rings (SSSR count). The standard InChI is InChI=1S/C10H22N4O/c1-3-7-12-9(14-11)13-8-10(15-2)5-4-6-10/h3-8,11H2,1-2H3,(H2,12,13,14). The van der Waals surface area contributed by atoms with Crippen molar-refractivity contribution in [2.45, 2.75) is 38.2 Å². The number of nitrogens with two attached hydrogens (primary N) is 1. The molecule has 1 fully saturated rings. The van der Waals surface area contributed by atoms with Crippen LogP contribution in [-0.4, -0.2) is 31.8 Å². The van der Waals surface area contributed by atoms with Crippen molar-refractivity contribution in [3.8, 4) is 0 Å². The van der Waals surface area contributed by atoms with Crippen LogP contribution in [0.5, 0.6) is 0 Å². The first kappa shape index (κ1) is 12.3. The maximum Gasteiger partial charge on any atom is 0.205 e. The number of hydrogen-bond donors (Lipinski definition) is 3. The molecule has 0 radical (unpaired) electrons. The third-order valence-electron chi connectivity index (χ3n) is 2.90. The van der Waals surface area contributed by atoms with Crippen LogP contribution in [0.3, 0.4) is 0 Å². The van der Waals surface area contributed by atoms with Gasteiger partial charge in [0.2, 0.25) is 5.96 Å². The van der Waals surface area contributed by atoms with Gasteiger partial charge < -0.3 is 10.1 Å². The van der Waals surface area contributed by atoms with Crippen LogP contribution in [0.25, 0.3) is 0 Å². The fraction of sp³-hybridized carbons (Fsp3) is 0.900. The van der Waals surface area contributed by atoms with Gasteiger partial charge in [-0.3, -0.25) is 5.43 Å². The Bertz CT molecular complexity index is 208. The van der Waals surface area contributed by atoms with Crippen molar-refractivity contribution < 1.29 is 4.74 Å². The minimum atomic E-state index is -0.0318. The summed E-state index contributed by atoms with van der Waals surface area (Å²) < 4.78 is 5.47. The highest BCUT2D eigenvalue weighted by Gasteiger charge is 2.36. The van der Waals surface area contributed by atoms with Gasteiger partial charge in [0.1, 0.15) is 0 Å². The second kappa shape index (κ2) is 5.92. The zero-order chi connectivity index (χ0) is 11.1. The van der Waals surface area contributed by atoms with Gasteiger partial charge in [0.05, 0.1) is 12.1 Å². The summed E-state index contributed by atoms with van der Waals surface area (Å²) in [7, 11) is 1.75. The predicted molar refractivity (Wildman–Crippen MR) is 61.5 cm³/mol. The molecule has 1 aliphatic carbocycles. The zero-order valence-corrected chi connectivity index (χ0v) is 9.68. The number of aliphatic imine (C=N–C) groups is 1. The molecule has 5 nitrogen and oxygen atoms in total. The highest BCUT2D eigenvalue weighted by atomic mass is 16.5. The van der Waals surface area contributed by atoms with Crippen molar-refractivity contribution in [1.82, 2.24) is 10.7 Å². The number of nitrogens with one attached hydrogen (secondary N) is 2. The Morgan fingerprint density at radius 3 is 2.67 bits per heavy atom. The molecule has 4 N–H and O–H groups in total. The Labute approximate surface area is 91.4 Å². The SMILES string of the molecule is CCCNC(=NCC1(OC)CCC1)NN. The van der Waals surface area contributed by atoms with Crippen molar-refractivity contribution in [3.05, 3.63) is 0 Å². The maximum absolute atomic E-state index is 5.47. The first-order valence-corrected chi connectivity index (χ1v) is 5.56. The molecule has 15 heavy (non-hydrogen) atoms. The van der Waals surface area contributed by atoms with Crippen LogP contribution in [0.15, 0.2) is 4.99 Å². The van der Waals surface area contributed by atoms with Crippen LogP contribution in [0.1, 0.15) is 32.6 Å². The van der Waals surface area contributed by atoms with Crippen LogP contribution in [0.2, 0.25) is 0 Å². The van der Waals surface area contributed by atoms with E-state index in [4.69, 9.17) is 10.6 Å². The summed E-state index contributed by atoms with van der Waals surface area (Å²) in [6.45, 7) is 3.66. The Hall–Kier alpha value is -0.810. The molecule has 0 aromatic rings. The van der Waals surface area contributed by atoms with Gasteiger partial charge in [-0.1, -0.05) is 6.92 Å². The van der Waals surface area contributed by atoms with Gasteiger partial charge in [-0.15, -0.1) is 0 Å². The van der Waals surface area contributed by atoms with E-state index >= 15 is 0 Å². The van der Waals surface area contributed by atoms with E-state index in [1.807, 2.05) is 0 Å². The summed E-state index contributed by atoms with van der Waals surface area (Å²) >= 11 is 0. The molecule has 0 unspecified atom stereocenters. The van der Waals surface area contributed by atoms with Crippen LogP contribution < -0.4 is 16.6 Å². The number of methoxy groups -OCH3 is 1. The second-order valence-electron chi connectivity index (χ2n) is 3.98. The maximum atomic E-state index is 5.47. The van der Waals surface area contributed by atoms with Crippen LogP contribution in [-0.2, 0) is 4.74 Å². The topological polar surface area (TPSA) is 71.7 Å². The number of ether oxygens (including phenoxy) is 1. The van der Waals surface area contributed by atoms with Gasteiger partial charge in [-0.05, 0) is 25.7 Å². The lowest BCUT2D eigenvalue weighted by Crippen LogP contribution is -2.46. The number of nitrogens with zero attached hydrogens (tertiary/aromatic N) is 1. The second-order valence-corrected chi connectivity index (χ2v) is 3.98. The summed E-state index contributed by atoms with van der Waals surface area (Å²) in [6.07, 6.45) is 4.48. The van der Waals surface area contributed by atoms with E-state index in [0.29, 0.717) is 12.5 Å². The van der Waals surface area contributed by atoms with Crippen LogP contribution in [0.4, 0.5) is 0 Å². The highest BCUT2D eigenvalue weighted by Crippen LogP contribution is 2.35. The van der Waals surface area contributed by atoms with E-state index in [0.717, 1.165) is 25.8 Å². The van der Waals surface area contributed by atoms with Crippen LogP contribution >= 0.6 is 0 Å². The van der Waals surface area contributed by atoms with Gasteiger partial charge in [0.25, 0.3) is 0 Å². The van der Waals surface area contributed by atoms with E-state index in [2.05, 4.69) is 22.7 Å². The molecule has 0 aliphatic heterocycles. The van der Waals surface area contributed by atoms with Gasteiger partial charge in [0.15, 0.2) is 0 Å². The van der Waals surface area contributed by atoms with Gasteiger partial charge in [-0.25, -0.2) is 10.8 Å². The monoisotopic (exact) mass is 214 g/mol. The molecule has 1 saturated carbocycles. The molecule has 0 amide bonds. The molecule has 0 spiro atoms. The van der Waals surface area contributed by atoms with Crippen molar-refractivity contribution in [2.24, 2.45) is 10.8 Å². The number of guanidine groups is 1. The van der Waals surface area contributed by atoms with Crippen LogP contribution in [0, 0.1) is 0 Å². The minimum Gasteiger partial charge on any atom is -0.376 e. The third kappa shape index (κ3) is 3.35. The van der Waals surface area contributed by atoms with Crippen molar-refractivity contribution >= 4 is 5.96 Å². The molecular formula is C10H22N4O. The lowest BCUT2D eigenvalue weighted by Gasteiger charge is -2.39. The Morgan fingerprint density at radius 1 is 1.53 bits per heavy atom. The highest BCUT2D eigenvalue weighted by molar-refractivity contribution is 5.79. The lowest BCUT2D eigenvalue weighted by atomic mass is 9.80. The van der Waals surface area contributed by atoms with E-state index in [1.54, 1.807) is 7.11 Å². The molecule has 5 heteroatoms. The summed E-state index contributed by atoms with van der Waals surface area (Å²) in [5, 5.41) is 3.12. The molecule has 1 aliphatic rings. The molecule has 0 bridgehead atoms. The molecule has 88 valence electrons. The van der Waals surface area contributed by atoms with E-state index in [1.165, 1.54) is 6.42 Å². The summed E-state index contributed by atoms with van der Waals surface area (Å²) in [4.78, 5) is 4.39. The molecule has 0 aromatic carbocycles. The molecule has 0 atom stereocenters. The fourth-order valence-corrected chi connectivity index (χ4v) is 1.62. The van der Waals surface area contributed by atoms with Crippen molar-refractivity contribution in [1.29, 1.82) is 0 Å². The Morgan fingerprint density at radius 2 is 2.27 bits per heavy atom. The van der Waals surface area contributed by atoms with Gasteiger partial charge in [0, 0.05) is 13.7 Å². The molecule has 0 heterocycles. The lowest BCUT2D eigenvalue weighted by molar-refractivity contribution is -0.0630. The summed E-state index contributed by atoms with van der Waals surface area (Å²) in [5.41, 5.74) is 2.53. The molecular weight excluding hydrogens is 192 g/mol. The average molecular weight is 214 g/mol. The first-order chi connectivity index (χ1) is 7.26. The quantitative estimate of drug-likeness (QED) is 0.268. The van der Waals surface area contributed by atoms with E-state index in [9.17, 15) is 0 Å². The third-order valence-corrected chi connectivity index (χ3v) is 2.90. The van der Waals surface area contributed by atoms with E-state index in [-0.39, 0.29) is 5.60 Å². The zero-order valence-electron chi connectivity index (χ0n) is 9.68.